The molecule has 0 amide bonds. The van der Waals surface area contributed by atoms with Gasteiger partial charge in [-0.25, -0.2) is 0 Å². The lowest BCUT2D eigenvalue weighted by molar-refractivity contribution is 0.177. The number of methoxy groups -OCH3 is 1. The summed E-state index contributed by atoms with van der Waals surface area (Å²) in [6.45, 7) is 7.40. The number of hydrogen-bond donors (Lipinski definition) is 1. The SMILES string of the molecule is CCCNC(C)C(C)Oc1cccc(OC)c1. The first-order valence-corrected chi connectivity index (χ1v) is 6.21. The lowest BCUT2D eigenvalue weighted by atomic mass is 10.2. The maximum Gasteiger partial charge on any atom is 0.123 e. The standard InChI is InChI=1S/C14H23NO2/c1-5-9-15-11(2)12(3)17-14-8-6-7-13(10-14)16-4/h6-8,10-12,15H,5,9H2,1-4H3. The van der Waals surface area contributed by atoms with Gasteiger partial charge in [0.1, 0.15) is 17.6 Å². The van der Waals surface area contributed by atoms with E-state index >= 15 is 0 Å². The molecule has 0 aliphatic heterocycles. The average Bonchev–Trinajstić information content (AvgIpc) is 2.36. The summed E-state index contributed by atoms with van der Waals surface area (Å²) in [5, 5.41) is 3.42. The normalized spacial score (nSPS) is 14.1. The van der Waals surface area contributed by atoms with Crippen LogP contribution < -0.4 is 14.8 Å². The number of ether oxygens (including phenoxy) is 2. The van der Waals surface area contributed by atoms with Crippen LogP contribution in [0.15, 0.2) is 24.3 Å². The van der Waals surface area contributed by atoms with Crippen LogP contribution in [-0.4, -0.2) is 25.8 Å². The minimum Gasteiger partial charge on any atom is -0.497 e. The number of benzene rings is 1. The molecule has 1 aromatic rings. The minimum absolute atomic E-state index is 0.133. The van der Waals surface area contributed by atoms with E-state index in [1.807, 2.05) is 24.3 Å². The summed E-state index contributed by atoms with van der Waals surface area (Å²) >= 11 is 0. The summed E-state index contributed by atoms with van der Waals surface area (Å²) in [6, 6.07) is 8.04. The topological polar surface area (TPSA) is 30.5 Å². The van der Waals surface area contributed by atoms with Gasteiger partial charge in [0, 0.05) is 12.1 Å². The predicted molar refractivity (Wildman–Crippen MR) is 70.8 cm³/mol. The fourth-order valence-electron chi connectivity index (χ4n) is 1.53. The molecule has 0 bridgehead atoms. The maximum atomic E-state index is 5.87. The third-order valence-electron chi connectivity index (χ3n) is 2.78. The first-order valence-electron chi connectivity index (χ1n) is 6.21. The molecule has 0 saturated carbocycles. The molecule has 1 aromatic carbocycles. The molecule has 0 heterocycles. The van der Waals surface area contributed by atoms with Gasteiger partial charge in [0.2, 0.25) is 0 Å². The number of rotatable bonds is 7. The first-order chi connectivity index (χ1) is 8.17. The van der Waals surface area contributed by atoms with Crippen LogP contribution in [0.2, 0.25) is 0 Å². The van der Waals surface area contributed by atoms with E-state index in [0.717, 1.165) is 24.5 Å². The van der Waals surface area contributed by atoms with Gasteiger partial charge in [-0.1, -0.05) is 13.0 Å². The fraction of sp³-hybridized carbons (Fsp3) is 0.571. The molecule has 0 aliphatic carbocycles. The Kier molecular flexibility index (Phi) is 5.84. The Balaban J connectivity index is 2.51. The maximum absolute atomic E-state index is 5.87. The molecule has 0 aliphatic rings. The highest BCUT2D eigenvalue weighted by Gasteiger charge is 2.12. The molecular weight excluding hydrogens is 214 g/mol. The summed E-state index contributed by atoms with van der Waals surface area (Å²) in [5.74, 6) is 1.67. The van der Waals surface area contributed by atoms with Crippen molar-refractivity contribution in [2.75, 3.05) is 13.7 Å². The third kappa shape index (κ3) is 4.65. The molecule has 0 spiro atoms. The minimum atomic E-state index is 0.133. The van der Waals surface area contributed by atoms with Crippen LogP contribution in [0.5, 0.6) is 11.5 Å². The van der Waals surface area contributed by atoms with Crippen molar-refractivity contribution in [2.24, 2.45) is 0 Å². The summed E-state index contributed by atoms with van der Waals surface area (Å²) in [7, 11) is 1.66. The van der Waals surface area contributed by atoms with Gasteiger partial charge in [-0.05, 0) is 38.9 Å². The quantitative estimate of drug-likeness (QED) is 0.791. The molecule has 2 atom stereocenters. The second-order valence-corrected chi connectivity index (χ2v) is 4.24. The highest BCUT2D eigenvalue weighted by molar-refractivity contribution is 5.32. The zero-order valence-electron chi connectivity index (χ0n) is 11.2. The van der Waals surface area contributed by atoms with Gasteiger partial charge in [0.05, 0.1) is 7.11 Å². The van der Waals surface area contributed by atoms with E-state index < -0.39 is 0 Å². The number of hydrogen-bond acceptors (Lipinski definition) is 3. The smallest absolute Gasteiger partial charge is 0.123 e. The van der Waals surface area contributed by atoms with E-state index in [-0.39, 0.29) is 6.10 Å². The zero-order chi connectivity index (χ0) is 12.7. The van der Waals surface area contributed by atoms with Gasteiger partial charge in [-0.2, -0.15) is 0 Å². The molecule has 0 aromatic heterocycles. The molecule has 0 saturated heterocycles. The molecular formula is C14H23NO2. The molecule has 17 heavy (non-hydrogen) atoms. The molecule has 3 heteroatoms. The van der Waals surface area contributed by atoms with E-state index in [9.17, 15) is 0 Å². The summed E-state index contributed by atoms with van der Waals surface area (Å²) in [6.07, 6.45) is 1.27. The van der Waals surface area contributed by atoms with Crippen molar-refractivity contribution in [1.82, 2.24) is 5.32 Å². The molecule has 1 N–H and O–H groups in total. The summed E-state index contributed by atoms with van der Waals surface area (Å²) in [4.78, 5) is 0. The van der Waals surface area contributed by atoms with E-state index in [0.29, 0.717) is 6.04 Å². The van der Waals surface area contributed by atoms with Gasteiger partial charge in [0.15, 0.2) is 0 Å². The highest BCUT2D eigenvalue weighted by atomic mass is 16.5. The third-order valence-corrected chi connectivity index (χ3v) is 2.78. The molecule has 0 radical (unpaired) electrons. The van der Waals surface area contributed by atoms with Crippen LogP contribution in [0.4, 0.5) is 0 Å². The van der Waals surface area contributed by atoms with Crippen molar-refractivity contribution in [3.63, 3.8) is 0 Å². The lowest BCUT2D eigenvalue weighted by Gasteiger charge is -2.22. The van der Waals surface area contributed by atoms with Crippen LogP contribution in [0.3, 0.4) is 0 Å². The molecule has 96 valence electrons. The van der Waals surface area contributed by atoms with Crippen LogP contribution in [0.1, 0.15) is 27.2 Å². The Bertz CT molecular complexity index is 328. The molecule has 3 nitrogen and oxygen atoms in total. The van der Waals surface area contributed by atoms with Crippen LogP contribution in [0.25, 0.3) is 0 Å². The molecule has 1 rings (SSSR count). The van der Waals surface area contributed by atoms with E-state index in [1.165, 1.54) is 0 Å². The molecule has 0 fully saturated rings. The van der Waals surface area contributed by atoms with Crippen LogP contribution in [-0.2, 0) is 0 Å². The van der Waals surface area contributed by atoms with E-state index in [1.54, 1.807) is 7.11 Å². The zero-order valence-corrected chi connectivity index (χ0v) is 11.2. The van der Waals surface area contributed by atoms with Gasteiger partial charge in [0.25, 0.3) is 0 Å². The Morgan fingerprint density at radius 1 is 1.24 bits per heavy atom. The van der Waals surface area contributed by atoms with E-state index in [4.69, 9.17) is 9.47 Å². The monoisotopic (exact) mass is 237 g/mol. The second kappa shape index (κ2) is 7.17. The molecule has 2 unspecified atom stereocenters. The van der Waals surface area contributed by atoms with Crippen molar-refractivity contribution in [2.45, 2.75) is 39.3 Å². The summed E-state index contributed by atoms with van der Waals surface area (Å²) in [5.41, 5.74) is 0. The lowest BCUT2D eigenvalue weighted by Crippen LogP contribution is -2.39. The number of nitrogens with one attached hydrogen (secondary N) is 1. The second-order valence-electron chi connectivity index (χ2n) is 4.24. The van der Waals surface area contributed by atoms with Crippen molar-refractivity contribution < 1.29 is 9.47 Å². The average molecular weight is 237 g/mol. The van der Waals surface area contributed by atoms with Gasteiger partial charge >= 0.3 is 0 Å². The predicted octanol–water partition coefficient (Wildman–Crippen LogP) is 2.85. The first kappa shape index (κ1) is 13.8. The Morgan fingerprint density at radius 3 is 2.59 bits per heavy atom. The van der Waals surface area contributed by atoms with Gasteiger partial charge in [-0.15, -0.1) is 0 Å². The van der Waals surface area contributed by atoms with Crippen LogP contribution in [0, 0.1) is 0 Å². The van der Waals surface area contributed by atoms with Crippen molar-refractivity contribution in [3.8, 4) is 11.5 Å². The van der Waals surface area contributed by atoms with Crippen molar-refractivity contribution >= 4 is 0 Å². The van der Waals surface area contributed by atoms with Crippen molar-refractivity contribution in [1.29, 1.82) is 0 Å². The Hall–Kier alpha value is -1.22. The van der Waals surface area contributed by atoms with Crippen LogP contribution >= 0.6 is 0 Å². The Labute approximate surface area is 104 Å². The summed E-state index contributed by atoms with van der Waals surface area (Å²) < 4.78 is 11.0. The fourth-order valence-corrected chi connectivity index (χ4v) is 1.53. The van der Waals surface area contributed by atoms with Gasteiger partial charge < -0.3 is 14.8 Å². The largest absolute Gasteiger partial charge is 0.497 e. The highest BCUT2D eigenvalue weighted by Crippen LogP contribution is 2.20. The van der Waals surface area contributed by atoms with Gasteiger partial charge in [-0.3, -0.25) is 0 Å². The van der Waals surface area contributed by atoms with E-state index in [2.05, 4.69) is 26.1 Å². The van der Waals surface area contributed by atoms with Crippen molar-refractivity contribution in [3.05, 3.63) is 24.3 Å². The Morgan fingerprint density at radius 2 is 1.94 bits per heavy atom.